The van der Waals surface area contributed by atoms with Gasteiger partial charge in [0.15, 0.2) is 0 Å². The Morgan fingerprint density at radius 3 is 2.92 bits per heavy atom. The fraction of sp³-hybridized carbons (Fsp3) is 0.200. The van der Waals surface area contributed by atoms with E-state index in [2.05, 4.69) is 0 Å². The minimum Gasteiger partial charge on any atom is -0.508 e. The molecule has 0 radical (unpaired) electrons. The molecule has 0 aliphatic carbocycles. The molecule has 2 nitrogen and oxygen atoms in total. The van der Waals surface area contributed by atoms with E-state index in [-0.39, 0.29) is 0 Å². The number of benzene rings is 1. The van der Waals surface area contributed by atoms with Crippen LogP contribution in [0.2, 0.25) is 0 Å². The van der Waals surface area contributed by atoms with E-state index >= 15 is 0 Å². The summed E-state index contributed by atoms with van der Waals surface area (Å²) in [6, 6.07) is 7.12. The van der Waals surface area contributed by atoms with Gasteiger partial charge >= 0.3 is 0 Å². The molecule has 1 rings (SSSR count). The van der Waals surface area contributed by atoms with Gasteiger partial charge in [-0.25, -0.2) is 0 Å². The van der Waals surface area contributed by atoms with E-state index in [4.69, 9.17) is 10.8 Å². The summed E-state index contributed by atoms with van der Waals surface area (Å²) in [5.74, 6) is 0.296. The Morgan fingerprint density at radius 1 is 1.42 bits per heavy atom. The van der Waals surface area contributed by atoms with Gasteiger partial charge in [-0.15, -0.1) is 0 Å². The van der Waals surface area contributed by atoms with E-state index in [0.717, 1.165) is 12.0 Å². The summed E-state index contributed by atoms with van der Waals surface area (Å²) >= 11 is 0. The molecular weight excluding hydrogens is 150 g/mol. The molecule has 0 heterocycles. The van der Waals surface area contributed by atoms with Crippen molar-refractivity contribution in [2.24, 2.45) is 5.73 Å². The lowest BCUT2D eigenvalue weighted by molar-refractivity contribution is 0.475. The standard InChI is InChI=1S/C10H13NO/c11-7-2-1-4-9-5-3-6-10(12)8-9/h1,3-6,8,12H,2,7,11H2/b4-1-. The van der Waals surface area contributed by atoms with Gasteiger partial charge in [-0.2, -0.15) is 0 Å². The second-order valence-electron chi connectivity index (χ2n) is 2.57. The van der Waals surface area contributed by atoms with Gasteiger partial charge in [-0.05, 0) is 30.7 Å². The van der Waals surface area contributed by atoms with Gasteiger partial charge in [0.05, 0.1) is 0 Å². The highest BCUT2D eigenvalue weighted by molar-refractivity contribution is 5.51. The molecule has 0 aliphatic heterocycles. The zero-order chi connectivity index (χ0) is 8.81. The monoisotopic (exact) mass is 163 g/mol. The van der Waals surface area contributed by atoms with Crippen molar-refractivity contribution < 1.29 is 5.11 Å². The van der Waals surface area contributed by atoms with Gasteiger partial charge in [-0.3, -0.25) is 0 Å². The van der Waals surface area contributed by atoms with Gasteiger partial charge in [0.1, 0.15) is 5.75 Å². The lowest BCUT2D eigenvalue weighted by Gasteiger charge is -1.93. The third-order valence-electron chi connectivity index (χ3n) is 1.51. The van der Waals surface area contributed by atoms with Gasteiger partial charge in [-0.1, -0.05) is 24.3 Å². The van der Waals surface area contributed by atoms with Crippen molar-refractivity contribution in [2.45, 2.75) is 6.42 Å². The number of phenolic OH excluding ortho intramolecular Hbond substituents is 1. The predicted molar refractivity (Wildman–Crippen MR) is 50.8 cm³/mol. The van der Waals surface area contributed by atoms with Crippen molar-refractivity contribution in [3.63, 3.8) is 0 Å². The van der Waals surface area contributed by atoms with Crippen LogP contribution in [0.5, 0.6) is 5.75 Å². The normalized spacial score (nSPS) is 10.8. The predicted octanol–water partition coefficient (Wildman–Crippen LogP) is 1.75. The zero-order valence-electron chi connectivity index (χ0n) is 6.90. The molecule has 12 heavy (non-hydrogen) atoms. The second kappa shape index (κ2) is 4.57. The molecule has 0 aliphatic rings. The fourth-order valence-corrected chi connectivity index (χ4v) is 0.944. The minimum atomic E-state index is 0.296. The van der Waals surface area contributed by atoms with Gasteiger partial charge in [0.25, 0.3) is 0 Å². The maximum Gasteiger partial charge on any atom is 0.116 e. The Morgan fingerprint density at radius 2 is 2.25 bits per heavy atom. The van der Waals surface area contributed by atoms with Crippen LogP contribution in [0.25, 0.3) is 6.08 Å². The number of hydrogen-bond acceptors (Lipinski definition) is 2. The maximum atomic E-state index is 9.11. The molecule has 64 valence electrons. The zero-order valence-corrected chi connectivity index (χ0v) is 6.90. The molecule has 0 unspecified atom stereocenters. The summed E-state index contributed by atoms with van der Waals surface area (Å²) in [4.78, 5) is 0. The van der Waals surface area contributed by atoms with Crippen LogP contribution in [0.3, 0.4) is 0 Å². The molecule has 0 atom stereocenters. The first-order chi connectivity index (χ1) is 5.83. The average Bonchev–Trinajstić information content (AvgIpc) is 2.05. The van der Waals surface area contributed by atoms with Crippen LogP contribution < -0.4 is 5.73 Å². The van der Waals surface area contributed by atoms with Crippen molar-refractivity contribution in [1.82, 2.24) is 0 Å². The summed E-state index contributed by atoms with van der Waals surface area (Å²) in [6.07, 6.45) is 4.82. The van der Waals surface area contributed by atoms with Crippen LogP contribution in [0, 0.1) is 0 Å². The number of nitrogens with two attached hydrogens (primary N) is 1. The molecule has 0 saturated carbocycles. The van der Waals surface area contributed by atoms with Gasteiger partial charge < -0.3 is 10.8 Å². The third-order valence-corrected chi connectivity index (χ3v) is 1.51. The largest absolute Gasteiger partial charge is 0.508 e. The van der Waals surface area contributed by atoms with Crippen molar-refractivity contribution in [3.8, 4) is 5.75 Å². The van der Waals surface area contributed by atoms with Crippen LogP contribution >= 0.6 is 0 Å². The highest BCUT2D eigenvalue weighted by Crippen LogP contribution is 2.11. The maximum absolute atomic E-state index is 9.11. The summed E-state index contributed by atoms with van der Waals surface area (Å²) < 4.78 is 0. The summed E-state index contributed by atoms with van der Waals surface area (Å²) in [5, 5.41) is 9.11. The topological polar surface area (TPSA) is 46.2 Å². The Bertz CT molecular complexity index is 268. The van der Waals surface area contributed by atoms with Crippen LogP contribution in [-0.4, -0.2) is 11.7 Å². The van der Waals surface area contributed by atoms with Crippen molar-refractivity contribution >= 4 is 6.08 Å². The van der Waals surface area contributed by atoms with E-state index in [1.54, 1.807) is 12.1 Å². The van der Waals surface area contributed by atoms with E-state index in [1.165, 1.54) is 0 Å². The summed E-state index contributed by atoms with van der Waals surface area (Å²) in [7, 11) is 0. The Hall–Kier alpha value is -1.28. The Balaban J connectivity index is 2.63. The van der Waals surface area contributed by atoms with Gasteiger partial charge in [0.2, 0.25) is 0 Å². The molecule has 0 amide bonds. The van der Waals surface area contributed by atoms with Crippen LogP contribution in [-0.2, 0) is 0 Å². The molecule has 1 aromatic rings. The molecular formula is C10H13NO. The molecule has 1 aromatic carbocycles. The lowest BCUT2D eigenvalue weighted by Crippen LogP contribution is -1.94. The second-order valence-corrected chi connectivity index (χ2v) is 2.57. The quantitative estimate of drug-likeness (QED) is 0.713. The average molecular weight is 163 g/mol. The highest BCUT2D eigenvalue weighted by Gasteiger charge is 1.87. The third kappa shape index (κ3) is 2.76. The highest BCUT2D eigenvalue weighted by atomic mass is 16.3. The smallest absolute Gasteiger partial charge is 0.116 e. The number of phenols is 1. The molecule has 2 heteroatoms. The molecule has 0 aromatic heterocycles. The Labute approximate surface area is 72.3 Å². The van der Waals surface area contributed by atoms with Crippen molar-refractivity contribution in [2.75, 3.05) is 6.54 Å². The van der Waals surface area contributed by atoms with Crippen LogP contribution in [0.1, 0.15) is 12.0 Å². The van der Waals surface area contributed by atoms with Gasteiger partial charge in [0, 0.05) is 0 Å². The molecule has 0 spiro atoms. The fourth-order valence-electron chi connectivity index (χ4n) is 0.944. The van der Waals surface area contributed by atoms with E-state index < -0.39 is 0 Å². The van der Waals surface area contributed by atoms with E-state index in [0.29, 0.717) is 12.3 Å². The number of aromatic hydroxyl groups is 1. The van der Waals surface area contributed by atoms with E-state index in [1.807, 2.05) is 24.3 Å². The number of hydrogen-bond donors (Lipinski definition) is 2. The van der Waals surface area contributed by atoms with E-state index in [9.17, 15) is 0 Å². The molecule has 0 bridgehead atoms. The van der Waals surface area contributed by atoms with Crippen molar-refractivity contribution in [1.29, 1.82) is 0 Å². The first-order valence-corrected chi connectivity index (χ1v) is 3.98. The SMILES string of the molecule is NCC/C=C\c1cccc(O)c1. The van der Waals surface area contributed by atoms with Crippen molar-refractivity contribution in [3.05, 3.63) is 35.9 Å². The molecule has 0 saturated heterocycles. The minimum absolute atomic E-state index is 0.296. The molecule has 3 N–H and O–H groups in total. The summed E-state index contributed by atoms with van der Waals surface area (Å²) in [5.41, 5.74) is 6.33. The first-order valence-electron chi connectivity index (χ1n) is 3.98. The lowest BCUT2D eigenvalue weighted by atomic mass is 10.2. The summed E-state index contributed by atoms with van der Waals surface area (Å²) in [6.45, 7) is 0.662. The van der Waals surface area contributed by atoms with Crippen LogP contribution in [0.4, 0.5) is 0 Å². The molecule has 0 fully saturated rings. The number of rotatable bonds is 3. The Kier molecular flexibility index (Phi) is 3.35. The first kappa shape index (κ1) is 8.81. The van der Waals surface area contributed by atoms with Crippen LogP contribution in [0.15, 0.2) is 30.3 Å².